The zero-order valence-corrected chi connectivity index (χ0v) is 9.00. The van der Waals surface area contributed by atoms with Crippen LogP contribution in [0.5, 0.6) is 0 Å². The molecule has 0 radical (unpaired) electrons. The summed E-state index contributed by atoms with van der Waals surface area (Å²) in [6, 6.07) is -1.71. The Morgan fingerprint density at radius 2 is 1.31 bits per heavy atom. The molecule has 0 aromatic heterocycles. The smallest absolute Gasteiger partial charge is 0.320 e. The van der Waals surface area contributed by atoms with Crippen LogP contribution in [-0.2, 0) is 9.59 Å². The number of hydrogen-bond acceptors (Lipinski definition) is 4. The van der Waals surface area contributed by atoms with Crippen LogP contribution >= 0.6 is 0 Å². The molecule has 0 bridgehead atoms. The summed E-state index contributed by atoms with van der Waals surface area (Å²) in [4.78, 5) is 21.1. The Kier molecular flexibility index (Phi) is 4.26. The van der Waals surface area contributed by atoms with Gasteiger partial charge in [-0.05, 0) is 37.5 Å². The molecule has 0 heterocycles. The Hall–Kier alpha value is -1.14. The molecule has 6 heteroatoms. The van der Waals surface area contributed by atoms with Gasteiger partial charge in [0.15, 0.2) is 0 Å². The number of aliphatic carboxylic acids is 2. The van der Waals surface area contributed by atoms with Crippen LogP contribution in [0.2, 0.25) is 0 Å². The van der Waals surface area contributed by atoms with Gasteiger partial charge in [-0.15, -0.1) is 0 Å². The van der Waals surface area contributed by atoms with Gasteiger partial charge in [-0.1, -0.05) is 0 Å². The topological polar surface area (TPSA) is 127 Å². The maximum absolute atomic E-state index is 10.6. The van der Waals surface area contributed by atoms with Crippen molar-refractivity contribution in [2.75, 3.05) is 0 Å². The Morgan fingerprint density at radius 1 is 1.00 bits per heavy atom. The van der Waals surface area contributed by atoms with Gasteiger partial charge in [0.1, 0.15) is 12.1 Å². The van der Waals surface area contributed by atoms with Gasteiger partial charge in [-0.25, -0.2) is 0 Å². The van der Waals surface area contributed by atoms with E-state index in [1.54, 1.807) is 0 Å². The highest BCUT2D eigenvalue weighted by Crippen LogP contribution is 2.40. The van der Waals surface area contributed by atoms with E-state index < -0.39 is 24.0 Å². The Bertz CT molecular complexity index is 254. The molecule has 1 saturated carbocycles. The monoisotopic (exact) mass is 230 g/mol. The fourth-order valence-corrected chi connectivity index (χ4v) is 2.11. The molecule has 1 aliphatic rings. The zero-order valence-electron chi connectivity index (χ0n) is 9.00. The standard InChI is InChI=1S/C10H18N2O4/c11-7(9(13)14)3-5-1-2-6(5)4-8(12)10(15)16/h5-8H,1-4,11-12H2,(H,13,14)(H,15,16)/t5-,6+,7-,8-/m0/s1. The van der Waals surface area contributed by atoms with E-state index in [1.165, 1.54) is 0 Å². The van der Waals surface area contributed by atoms with Crippen molar-refractivity contribution < 1.29 is 19.8 Å². The van der Waals surface area contributed by atoms with E-state index in [4.69, 9.17) is 21.7 Å². The van der Waals surface area contributed by atoms with Crippen LogP contribution in [-0.4, -0.2) is 34.2 Å². The van der Waals surface area contributed by atoms with Gasteiger partial charge in [-0.3, -0.25) is 9.59 Å². The predicted octanol–water partition coefficient (Wildman–Crippen LogP) is -0.383. The van der Waals surface area contributed by atoms with Crippen molar-refractivity contribution in [1.29, 1.82) is 0 Å². The summed E-state index contributed by atoms with van der Waals surface area (Å²) in [6.07, 6.45) is 2.65. The third-order valence-corrected chi connectivity index (χ3v) is 3.32. The highest BCUT2D eigenvalue weighted by atomic mass is 16.4. The van der Waals surface area contributed by atoms with Crippen molar-refractivity contribution in [3.63, 3.8) is 0 Å². The van der Waals surface area contributed by atoms with Gasteiger partial charge in [0.2, 0.25) is 0 Å². The SMILES string of the molecule is N[C@@H](C[C@H]1CC[C@H]1C[C@H](N)C(=O)O)C(=O)O. The molecule has 0 amide bonds. The van der Waals surface area contributed by atoms with Gasteiger partial charge < -0.3 is 21.7 Å². The maximum Gasteiger partial charge on any atom is 0.320 e. The molecule has 0 aliphatic heterocycles. The normalized spacial score (nSPS) is 27.9. The van der Waals surface area contributed by atoms with Crippen LogP contribution < -0.4 is 11.5 Å². The van der Waals surface area contributed by atoms with Crippen molar-refractivity contribution >= 4 is 11.9 Å². The molecule has 1 aliphatic carbocycles. The summed E-state index contributed by atoms with van der Waals surface area (Å²) in [6.45, 7) is 0. The highest BCUT2D eigenvalue weighted by Gasteiger charge is 2.35. The molecule has 6 N–H and O–H groups in total. The Morgan fingerprint density at radius 3 is 1.50 bits per heavy atom. The second-order valence-electron chi connectivity index (χ2n) is 4.46. The van der Waals surface area contributed by atoms with Crippen LogP contribution in [0.3, 0.4) is 0 Å². The average Bonchev–Trinajstić information content (AvgIpc) is 2.19. The first-order valence-corrected chi connectivity index (χ1v) is 5.38. The molecule has 1 rings (SSSR count). The van der Waals surface area contributed by atoms with E-state index in [9.17, 15) is 9.59 Å². The number of carbonyl (C=O) groups is 2. The molecule has 0 aromatic rings. The summed E-state index contributed by atoms with van der Waals surface area (Å²) in [5.41, 5.74) is 10.9. The van der Waals surface area contributed by atoms with E-state index in [1.807, 2.05) is 0 Å². The first kappa shape index (κ1) is 12.9. The van der Waals surface area contributed by atoms with Gasteiger partial charge in [0.05, 0.1) is 0 Å². The summed E-state index contributed by atoms with van der Waals surface area (Å²) in [5, 5.41) is 17.3. The summed E-state index contributed by atoms with van der Waals surface area (Å²) in [7, 11) is 0. The molecule has 16 heavy (non-hydrogen) atoms. The molecule has 0 saturated heterocycles. The summed E-state index contributed by atoms with van der Waals surface area (Å²) >= 11 is 0. The minimum Gasteiger partial charge on any atom is -0.480 e. The van der Waals surface area contributed by atoms with E-state index in [2.05, 4.69) is 0 Å². The number of nitrogens with two attached hydrogens (primary N) is 2. The van der Waals surface area contributed by atoms with E-state index in [0.29, 0.717) is 12.8 Å². The Labute approximate surface area is 93.6 Å². The van der Waals surface area contributed by atoms with Crippen LogP contribution in [0.4, 0.5) is 0 Å². The van der Waals surface area contributed by atoms with E-state index >= 15 is 0 Å². The first-order chi connectivity index (χ1) is 7.41. The molecule has 0 aromatic carbocycles. The lowest BCUT2D eigenvalue weighted by atomic mass is 9.68. The largest absolute Gasteiger partial charge is 0.480 e. The average molecular weight is 230 g/mol. The number of carboxylic acids is 2. The molecule has 0 spiro atoms. The quantitative estimate of drug-likeness (QED) is 0.492. The van der Waals surface area contributed by atoms with Crippen molar-refractivity contribution in [2.24, 2.45) is 23.3 Å². The van der Waals surface area contributed by atoms with Gasteiger partial charge in [-0.2, -0.15) is 0 Å². The lowest BCUT2D eigenvalue weighted by Crippen LogP contribution is -2.41. The van der Waals surface area contributed by atoms with Crippen molar-refractivity contribution in [3.05, 3.63) is 0 Å². The second kappa shape index (κ2) is 5.27. The van der Waals surface area contributed by atoms with Gasteiger partial charge in [0, 0.05) is 0 Å². The molecule has 1 fully saturated rings. The van der Waals surface area contributed by atoms with Crippen LogP contribution in [0.1, 0.15) is 25.7 Å². The van der Waals surface area contributed by atoms with E-state index in [0.717, 1.165) is 12.8 Å². The zero-order chi connectivity index (χ0) is 12.3. The molecular formula is C10H18N2O4. The van der Waals surface area contributed by atoms with Gasteiger partial charge >= 0.3 is 11.9 Å². The lowest BCUT2D eigenvalue weighted by Gasteiger charge is -2.38. The molecule has 0 unspecified atom stereocenters. The second-order valence-corrected chi connectivity index (χ2v) is 4.46. The van der Waals surface area contributed by atoms with Crippen LogP contribution in [0.25, 0.3) is 0 Å². The molecule has 6 nitrogen and oxygen atoms in total. The minimum absolute atomic E-state index is 0.205. The highest BCUT2D eigenvalue weighted by molar-refractivity contribution is 5.73. The minimum atomic E-state index is -1.01. The van der Waals surface area contributed by atoms with E-state index in [-0.39, 0.29) is 11.8 Å². The van der Waals surface area contributed by atoms with Crippen molar-refractivity contribution in [1.82, 2.24) is 0 Å². The molecule has 4 atom stereocenters. The Balaban J connectivity index is 2.35. The predicted molar refractivity (Wildman–Crippen MR) is 56.7 cm³/mol. The maximum atomic E-state index is 10.6. The van der Waals surface area contributed by atoms with Crippen LogP contribution in [0, 0.1) is 11.8 Å². The third-order valence-electron chi connectivity index (χ3n) is 3.32. The molecule has 92 valence electrons. The van der Waals surface area contributed by atoms with Crippen molar-refractivity contribution in [3.8, 4) is 0 Å². The molecular weight excluding hydrogens is 212 g/mol. The number of carboxylic acid groups (broad SMARTS) is 2. The summed E-state index contributed by atoms with van der Waals surface area (Å²) < 4.78 is 0. The fraction of sp³-hybridized carbons (Fsp3) is 0.800. The number of hydrogen-bond donors (Lipinski definition) is 4. The third kappa shape index (κ3) is 3.18. The fourth-order valence-electron chi connectivity index (χ4n) is 2.11. The van der Waals surface area contributed by atoms with Crippen molar-refractivity contribution in [2.45, 2.75) is 37.8 Å². The summed E-state index contributed by atoms with van der Waals surface area (Å²) in [5.74, 6) is -1.60. The lowest BCUT2D eigenvalue weighted by molar-refractivity contribution is -0.141. The number of rotatable bonds is 6. The van der Waals surface area contributed by atoms with Crippen LogP contribution in [0.15, 0.2) is 0 Å². The first-order valence-electron chi connectivity index (χ1n) is 5.38. The van der Waals surface area contributed by atoms with Gasteiger partial charge in [0.25, 0.3) is 0 Å².